The molecule has 7 nitrogen and oxygen atoms in total. The molecular weight excluding hydrogens is 490 g/mol. The van der Waals surface area contributed by atoms with Gasteiger partial charge in [0.25, 0.3) is 5.91 Å². The average molecular weight is 532 g/mol. The molecule has 0 aromatic heterocycles. The maximum Gasteiger partial charge on any atom is 0.408 e. The maximum absolute atomic E-state index is 13.9. The van der Waals surface area contributed by atoms with Gasteiger partial charge < -0.3 is 20.3 Å². The summed E-state index contributed by atoms with van der Waals surface area (Å²) >= 11 is 0. The third-order valence-electron chi connectivity index (χ3n) is 6.64. The Hall–Kier alpha value is -3.87. The molecule has 208 valence electrons. The number of alkyl carbamates (subject to hydrolysis) is 1. The van der Waals surface area contributed by atoms with Gasteiger partial charge in [-0.3, -0.25) is 9.59 Å². The number of ether oxygens (including phenoxy) is 1. The second-order valence-corrected chi connectivity index (χ2v) is 11.5. The summed E-state index contributed by atoms with van der Waals surface area (Å²) in [4.78, 5) is 41.8. The number of hydrogen-bond acceptors (Lipinski definition) is 4. The number of likely N-dealkylation sites (N-methyl/N-ethyl adjacent to an activating group) is 1. The molecule has 3 aromatic carbocycles. The maximum atomic E-state index is 13.9. The van der Waals surface area contributed by atoms with Gasteiger partial charge in [0.2, 0.25) is 5.91 Å². The topological polar surface area (TPSA) is 87.7 Å². The van der Waals surface area contributed by atoms with Crippen molar-refractivity contribution in [3.63, 3.8) is 0 Å². The molecule has 3 aromatic rings. The SMILES string of the molecule is Cc1cccc(C(C(=O)Nc2ccc3ccccc3c2)N(C)C(=O)C(CC(C)C)NC(=O)OC(C)(C)C)c1C. The van der Waals surface area contributed by atoms with E-state index in [1.807, 2.05) is 88.4 Å². The van der Waals surface area contributed by atoms with Crippen molar-refractivity contribution >= 4 is 34.4 Å². The van der Waals surface area contributed by atoms with Gasteiger partial charge in [-0.2, -0.15) is 0 Å². The summed E-state index contributed by atoms with van der Waals surface area (Å²) in [5.74, 6) is -0.586. The fourth-order valence-corrected chi connectivity index (χ4v) is 4.59. The van der Waals surface area contributed by atoms with Crippen molar-refractivity contribution in [3.8, 4) is 0 Å². The summed E-state index contributed by atoms with van der Waals surface area (Å²) in [6.07, 6.45) is -0.271. The number of rotatable bonds is 8. The molecule has 0 aliphatic carbocycles. The van der Waals surface area contributed by atoms with E-state index in [4.69, 9.17) is 4.74 Å². The predicted molar refractivity (Wildman–Crippen MR) is 157 cm³/mol. The van der Waals surface area contributed by atoms with Crippen molar-refractivity contribution in [2.45, 2.75) is 72.6 Å². The molecule has 0 saturated carbocycles. The highest BCUT2D eigenvalue weighted by Gasteiger charge is 2.35. The normalized spacial score (nSPS) is 13.1. The lowest BCUT2D eigenvalue weighted by atomic mass is 9.94. The number of hydrogen-bond donors (Lipinski definition) is 2. The molecule has 7 heteroatoms. The Morgan fingerprint density at radius 3 is 2.23 bits per heavy atom. The van der Waals surface area contributed by atoms with E-state index in [-0.39, 0.29) is 17.7 Å². The molecular formula is C32H41N3O4. The number of amides is 3. The molecule has 39 heavy (non-hydrogen) atoms. The lowest BCUT2D eigenvalue weighted by Gasteiger charge is -2.33. The smallest absolute Gasteiger partial charge is 0.408 e. The zero-order valence-electron chi connectivity index (χ0n) is 24.3. The lowest BCUT2D eigenvalue weighted by molar-refractivity contribution is -0.139. The summed E-state index contributed by atoms with van der Waals surface area (Å²) in [5.41, 5.74) is 2.60. The van der Waals surface area contributed by atoms with E-state index in [1.165, 1.54) is 4.90 Å². The van der Waals surface area contributed by atoms with E-state index < -0.39 is 23.8 Å². The van der Waals surface area contributed by atoms with Crippen LogP contribution >= 0.6 is 0 Å². The molecule has 0 aliphatic rings. The third-order valence-corrected chi connectivity index (χ3v) is 6.64. The van der Waals surface area contributed by atoms with E-state index in [0.29, 0.717) is 12.1 Å². The molecule has 3 rings (SSSR count). The Morgan fingerprint density at radius 1 is 0.923 bits per heavy atom. The quantitative estimate of drug-likeness (QED) is 0.346. The number of carbonyl (C=O) groups excluding carboxylic acids is 3. The van der Waals surface area contributed by atoms with Crippen molar-refractivity contribution in [3.05, 3.63) is 77.4 Å². The lowest BCUT2D eigenvalue weighted by Crippen LogP contribution is -2.51. The van der Waals surface area contributed by atoms with Gasteiger partial charge in [0.15, 0.2) is 0 Å². The zero-order chi connectivity index (χ0) is 28.9. The minimum atomic E-state index is -0.918. The predicted octanol–water partition coefficient (Wildman–Crippen LogP) is 6.53. The fourth-order valence-electron chi connectivity index (χ4n) is 4.59. The number of nitrogens with one attached hydrogen (secondary N) is 2. The number of carbonyl (C=O) groups is 3. The second-order valence-electron chi connectivity index (χ2n) is 11.5. The van der Waals surface area contributed by atoms with Gasteiger partial charge in [-0.05, 0) is 86.6 Å². The van der Waals surface area contributed by atoms with Gasteiger partial charge >= 0.3 is 6.09 Å². The highest BCUT2D eigenvalue weighted by Crippen LogP contribution is 2.29. The Bertz CT molecular complexity index is 1340. The van der Waals surface area contributed by atoms with Crippen molar-refractivity contribution < 1.29 is 19.1 Å². The molecule has 2 unspecified atom stereocenters. The Labute approximate surface area is 231 Å². The monoisotopic (exact) mass is 531 g/mol. The summed E-state index contributed by atoms with van der Waals surface area (Å²) < 4.78 is 5.42. The number of anilines is 1. The van der Waals surface area contributed by atoms with Crippen LogP contribution in [0.3, 0.4) is 0 Å². The van der Waals surface area contributed by atoms with Gasteiger partial charge in [-0.25, -0.2) is 4.79 Å². The highest BCUT2D eigenvalue weighted by molar-refractivity contribution is 6.00. The minimum absolute atomic E-state index is 0.118. The third kappa shape index (κ3) is 7.82. The minimum Gasteiger partial charge on any atom is -0.444 e. The molecule has 0 aliphatic heterocycles. The Morgan fingerprint density at radius 2 is 1.59 bits per heavy atom. The first-order chi connectivity index (χ1) is 18.3. The van der Waals surface area contributed by atoms with Crippen molar-refractivity contribution in [2.75, 3.05) is 12.4 Å². The molecule has 3 amide bonds. The van der Waals surface area contributed by atoms with E-state index in [2.05, 4.69) is 10.6 Å². The standard InChI is InChI=1S/C32H41N3O4/c1-20(2)18-27(34-31(38)39-32(5,6)7)30(37)35(8)28(26-15-11-12-21(3)22(26)4)29(36)33-25-17-16-23-13-9-10-14-24(23)19-25/h9-17,19-20,27-28H,18H2,1-8H3,(H,33,36)(H,34,38). The largest absolute Gasteiger partial charge is 0.444 e. The van der Waals surface area contributed by atoms with Crippen LogP contribution in [-0.4, -0.2) is 41.5 Å². The number of benzene rings is 3. The van der Waals surface area contributed by atoms with Crippen LogP contribution in [-0.2, 0) is 14.3 Å². The van der Waals surface area contributed by atoms with Gasteiger partial charge in [-0.15, -0.1) is 0 Å². The van der Waals surface area contributed by atoms with Crippen LogP contribution in [0.15, 0.2) is 60.7 Å². The highest BCUT2D eigenvalue weighted by atomic mass is 16.6. The second kappa shape index (κ2) is 12.3. The first-order valence-corrected chi connectivity index (χ1v) is 13.4. The summed E-state index contributed by atoms with van der Waals surface area (Å²) in [6.45, 7) is 13.2. The molecule has 0 fully saturated rings. The van der Waals surface area contributed by atoms with Crippen molar-refractivity contribution in [1.82, 2.24) is 10.2 Å². The van der Waals surface area contributed by atoms with Crippen LogP contribution < -0.4 is 10.6 Å². The number of fused-ring (bicyclic) bond motifs is 1. The summed E-state index contributed by atoms with van der Waals surface area (Å²) in [5, 5.41) is 7.83. The van der Waals surface area contributed by atoms with E-state index >= 15 is 0 Å². The van der Waals surface area contributed by atoms with Gasteiger partial charge in [-0.1, -0.05) is 62.4 Å². The van der Waals surface area contributed by atoms with E-state index in [1.54, 1.807) is 27.8 Å². The summed E-state index contributed by atoms with van der Waals surface area (Å²) in [7, 11) is 1.61. The van der Waals surface area contributed by atoms with Gasteiger partial charge in [0.1, 0.15) is 17.7 Å². The van der Waals surface area contributed by atoms with Crippen LogP contribution in [0.2, 0.25) is 0 Å². The van der Waals surface area contributed by atoms with E-state index in [9.17, 15) is 14.4 Å². The van der Waals surface area contributed by atoms with Crippen molar-refractivity contribution in [2.24, 2.45) is 5.92 Å². The average Bonchev–Trinajstić information content (AvgIpc) is 2.84. The van der Waals surface area contributed by atoms with Crippen LogP contribution in [0, 0.1) is 19.8 Å². The van der Waals surface area contributed by atoms with Crippen molar-refractivity contribution in [1.29, 1.82) is 0 Å². The molecule has 0 heterocycles. The molecule has 2 N–H and O–H groups in total. The van der Waals surface area contributed by atoms with Crippen LogP contribution in [0.25, 0.3) is 10.8 Å². The molecule has 0 saturated heterocycles. The molecule has 0 bridgehead atoms. The molecule has 0 spiro atoms. The van der Waals surface area contributed by atoms with Crippen LogP contribution in [0.5, 0.6) is 0 Å². The fraction of sp³-hybridized carbons (Fsp3) is 0.406. The number of aryl methyl sites for hydroxylation is 1. The number of nitrogens with zero attached hydrogens (tertiary/aromatic N) is 1. The van der Waals surface area contributed by atoms with Gasteiger partial charge in [0, 0.05) is 12.7 Å². The molecule has 0 radical (unpaired) electrons. The first kappa shape index (κ1) is 29.7. The van der Waals surface area contributed by atoms with E-state index in [0.717, 1.165) is 27.5 Å². The molecule has 2 atom stereocenters. The Kier molecular flexibility index (Phi) is 9.38. The summed E-state index contributed by atoms with van der Waals surface area (Å²) in [6, 6.07) is 17.6. The Balaban J connectivity index is 1.96. The van der Waals surface area contributed by atoms with Crippen LogP contribution in [0.1, 0.15) is 63.8 Å². The first-order valence-electron chi connectivity index (χ1n) is 13.4. The zero-order valence-corrected chi connectivity index (χ0v) is 24.3. The van der Waals surface area contributed by atoms with Crippen LogP contribution in [0.4, 0.5) is 10.5 Å². The van der Waals surface area contributed by atoms with Gasteiger partial charge in [0.05, 0.1) is 0 Å².